The summed E-state index contributed by atoms with van der Waals surface area (Å²) < 4.78 is 9.55. The summed E-state index contributed by atoms with van der Waals surface area (Å²) >= 11 is 20.3. The number of hydrogen-bond acceptors (Lipinski definition) is 5. The first kappa shape index (κ1) is 13.2. The number of rotatable bonds is 3. The fraction of sp³-hybridized carbons (Fsp3) is 0.111. The monoisotopic (exact) mass is 326 g/mol. The molecule has 17 heavy (non-hydrogen) atoms. The van der Waals surface area contributed by atoms with Crippen molar-refractivity contribution in [3.8, 4) is 10.9 Å². The number of benzene rings is 1. The second-order valence-electron chi connectivity index (χ2n) is 2.85. The van der Waals surface area contributed by atoms with Crippen molar-refractivity contribution in [2.45, 2.75) is 5.16 Å². The summed E-state index contributed by atoms with van der Waals surface area (Å²) in [6.45, 7) is 0. The molecule has 90 valence electrons. The van der Waals surface area contributed by atoms with Gasteiger partial charge in [-0.15, -0.1) is 0 Å². The highest BCUT2D eigenvalue weighted by Crippen LogP contribution is 2.39. The van der Waals surface area contributed by atoms with Gasteiger partial charge in [0.25, 0.3) is 5.19 Å². The van der Waals surface area contributed by atoms with Crippen molar-refractivity contribution >= 4 is 58.1 Å². The molecule has 0 bridgehead atoms. The van der Waals surface area contributed by atoms with Crippen LogP contribution in [0, 0.1) is 0 Å². The van der Waals surface area contributed by atoms with Gasteiger partial charge in [-0.2, -0.15) is 9.36 Å². The van der Waals surface area contributed by atoms with Gasteiger partial charge in [-0.05, 0) is 18.4 Å². The van der Waals surface area contributed by atoms with Gasteiger partial charge < -0.3 is 4.74 Å². The van der Waals surface area contributed by atoms with Crippen molar-refractivity contribution in [3.05, 3.63) is 27.2 Å². The van der Waals surface area contributed by atoms with Crippen molar-refractivity contribution in [2.24, 2.45) is 0 Å². The third-order valence-electron chi connectivity index (χ3n) is 1.72. The molecule has 2 aromatic rings. The third-order valence-corrected chi connectivity index (χ3v) is 3.76. The molecule has 8 heteroatoms. The summed E-state index contributed by atoms with van der Waals surface area (Å²) in [6.07, 6.45) is 1.88. The van der Waals surface area contributed by atoms with Crippen LogP contribution in [0.25, 0.3) is 0 Å². The van der Waals surface area contributed by atoms with Crippen molar-refractivity contribution in [1.29, 1.82) is 0 Å². The maximum Gasteiger partial charge on any atom is 0.299 e. The van der Waals surface area contributed by atoms with E-state index in [2.05, 4.69) is 9.36 Å². The quantitative estimate of drug-likeness (QED) is 0.742. The molecule has 0 unspecified atom stereocenters. The van der Waals surface area contributed by atoms with Crippen LogP contribution >= 0.6 is 58.1 Å². The Morgan fingerprint density at radius 3 is 2.41 bits per heavy atom. The average Bonchev–Trinajstić information content (AvgIpc) is 2.71. The van der Waals surface area contributed by atoms with Crippen molar-refractivity contribution in [3.63, 3.8) is 0 Å². The molecule has 0 radical (unpaired) electrons. The maximum atomic E-state index is 5.98. The Hall–Kier alpha value is -0.200. The van der Waals surface area contributed by atoms with Crippen LogP contribution in [-0.2, 0) is 0 Å². The highest BCUT2D eigenvalue weighted by atomic mass is 35.5. The zero-order valence-electron chi connectivity index (χ0n) is 8.41. The topological polar surface area (TPSA) is 35.0 Å². The molecule has 0 amide bonds. The van der Waals surface area contributed by atoms with Crippen molar-refractivity contribution in [1.82, 2.24) is 9.36 Å². The molecule has 1 heterocycles. The Morgan fingerprint density at radius 2 is 1.88 bits per heavy atom. The Morgan fingerprint density at radius 1 is 1.24 bits per heavy atom. The summed E-state index contributed by atoms with van der Waals surface area (Å²) in [4.78, 5) is 4.13. The minimum atomic E-state index is 0.335. The SMILES string of the molecule is CSc1nsc(Oc2c(Cl)cc(Cl)cc2Cl)n1. The number of halogens is 3. The van der Waals surface area contributed by atoms with Gasteiger partial charge in [-0.3, -0.25) is 0 Å². The summed E-state index contributed by atoms with van der Waals surface area (Å²) in [5.74, 6) is 0.335. The van der Waals surface area contributed by atoms with Gasteiger partial charge in [0.1, 0.15) is 0 Å². The third kappa shape index (κ3) is 3.17. The van der Waals surface area contributed by atoms with Gasteiger partial charge in [0.15, 0.2) is 5.75 Å². The summed E-state index contributed by atoms with van der Waals surface area (Å²) in [5, 5.41) is 2.16. The first-order valence-electron chi connectivity index (χ1n) is 4.30. The molecule has 0 N–H and O–H groups in total. The van der Waals surface area contributed by atoms with Gasteiger partial charge in [0, 0.05) is 16.6 Å². The van der Waals surface area contributed by atoms with Gasteiger partial charge in [0.2, 0.25) is 5.16 Å². The molecular formula is C9H5Cl3N2OS2. The lowest BCUT2D eigenvalue weighted by Crippen LogP contribution is -1.86. The number of ether oxygens (including phenoxy) is 1. The van der Waals surface area contributed by atoms with E-state index in [1.807, 2.05) is 6.26 Å². The molecule has 0 spiro atoms. The van der Waals surface area contributed by atoms with Crippen LogP contribution in [0.5, 0.6) is 10.9 Å². The number of thioether (sulfide) groups is 1. The summed E-state index contributed by atoms with van der Waals surface area (Å²) in [5.41, 5.74) is 0. The fourth-order valence-electron chi connectivity index (χ4n) is 1.04. The van der Waals surface area contributed by atoms with E-state index in [-0.39, 0.29) is 0 Å². The number of aromatic nitrogens is 2. The molecule has 1 aromatic carbocycles. The van der Waals surface area contributed by atoms with E-state index < -0.39 is 0 Å². The van der Waals surface area contributed by atoms with Crippen LogP contribution in [0.1, 0.15) is 0 Å². The molecule has 0 aliphatic rings. The average molecular weight is 328 g/mol. The van der Waals surface area contributed by atoms with Gasteiger partial charge >= 0.3 is 0 Å². The Bertz CT molecular complexity index is 524. The van der Waals surface area contributed by atoms with Gasteiger partial charge in [-0.25, -0.2) is 0 Å². The predicted molar refractivity (Wildman–Crippen MR) is 73.2 cm³/mol. The molecular weight excluding hydrogens is 323 g/mol. The van der Waals surface area contributed by atoms with Gasteiger partial charge in [0.05, 0.1) is 10.0 Å². The molecule has 2 rings (SSSR count). The second kappa shape index (κ2) is 5.63. The molecule has 0 aliphatic carbocycles. The Kier molecular flexibility index (Phi) is 4.38. The Labute approximate surface area is 121 Å². The van der Waals surface area contributed by atoms with Crippen LogP contribution in [0.4, 0.5) is 0 Å². The standard InChI is InChI=1S/C9H5Cl3N2OS2/c1-16-8-13-9(17-14-8)15-7-5(11)2-4(10)3-6(7)12/h2-3H,1H3. The zero-order chi connectivity index (χ0) is 12.4. The fourth-order valence-corrected chi connectivity index (χ4v) is 3.02. The zero-order valence-corrected chi connectivity index (χ0v) is 12.3. The van der Waals surface area contributed by atoms with Crippen molar-refractivity contribution < 1.29 is 4.74 Å². The minimum absolute atomic E-state index is 0.335. The molecule has 0 atom stereocenters. The van der Waals surface area contributed by atoms with E-state index in [9.17, 15) is 0 Å². The van der Waals surface area contributed by atoms with Crippen LogP contribution in [-0.4, -0.2) is 15.6 Å². The van der Waals surface area contributed by atoms with E-state index in [0.717, 1.165) is 11.5 Å². The van der Waals surface area contributed by atoms with Crippen molar-refractivity contribution in [2.75, 3.05) is 6.26 Å². The number of hydrogen-bond donors (Lipinski definition) is 0. The largest absolute Gasteiger partial charge is 0.427 e. The molecule has 3 nitrogen and oxygen atoms in total. The normalized spacial score (nSPS) is 10.6. The van der Waals surface area contributed by atoms with Crippen LogP contribution in [0.2, 0.25) is 15.1 Å². The lowest BCUT2D eigenvalue weighted by atomic mass is 10.3. The van der Waals surface area contributed by atoms with Gasteiger partial charge in [-0.1, -0.05) is 46.6 Å². The van der Waals surface area contributed by atoms with Crippen LogP contribution < -0.4 is 4.74 Å². The summed E-state index contributed by atoms with van der Waals surface area (Å²) in [7, 11) is 0. The molecule has 0 aliphatic heterocycles. The number of nitrogens with zero attached hydrogens (tertiary/aromatic N) is 2. The molecule has 0 saturated carbocycles. The van der Waals surface area contributed by atoms with Crippen LogP contribution in [0.15, 0.2) is 17.3 Å². The molecule has 1 aromatic heterocycles. The lowest BCUT2D eigenvalue weighted by Gasteiger charge is -2.06. The molecule has 0 saturated heterocycles. The summed E-state index contributed by atoms with van der Waals surface area (Å²) in [6, 6.07) is 3.11. The van der Waals surface area contributed by atoms with E-state index in [1.165, 1.54) is 11.8 Å². The van der Waals surface area contributed by atoms with E-state index in [1.54, 1.807) is 12.1 Å². The molecule has 0 fully saturated rings. The smallest absolute Gasteiger partial charge is 0.299 e. The highest BCUT2D eigenvalue weighted by molar-refractivity contribution is 7.98. The second-order valence-corrected chi connectivity index (χ2v) is 5.59. The highest BCUT2D eigenvalue weighted by Gasteiger charge is 2.13. The Balaban J connectivity index is 2.29. The first-order chi connectivity index (χ1) is 8.10. The maximum absolute atomic E-state index is 5.98. The first-order valence-corrected chi connectivity index (χ1v) is 7.43. The van der Waals surface area contributed by atoms with Crippen LogP contribution in [0.3, 0.4) is 0 Å². The van der Waals surface area contributed by atoms with E-state index in [4.69, 9.17) is 39.5 Å². The predicted octanol–water partition coefficient (Wildman–Crippen LogP) is 5.01. The van der Waals surface area contributed by atoms with E-state index >= 15 is 0 Å². The minimum Gasteiger partial charge on any atom is -0.427 e. The lowest BCUT2D eigenvalue weighted by molar-refractivity contribution is 0.476. The van der Waals surface area contributed by atoms with E-state index in [0.29, 0.717) is 31.2 Å².